The number of hydrogen-bond donors (Lipinski definition) is 3. The number of benzene rings is 1. The van der Waals surface area contributed by atoms with Gasteiger partial charge in [-0.1, -0.05) is 12.1 Å². The van der Waals surface area contributed by atoms with Crippen LogP contribution in [0.15, 0.2) is 45.9 Å². The van der Waals surface area contributed by atoms with Crippen molar-refractivity contribution < 1.29 is 4.79 Å². The van der Waals surface area contributed by atoms with Gasteiger partial charge in [0.1, 0.15) is 0 Å². The van der Waals surface area contributed by atoms with Gasteiger partial charge < -0.3 is 10.7 Å². The molecule has 5 nitrogen and oxygen atoms in total. The van der Waals surface area contributed by atoms with Crippen LogP contribution in [0.25, 0.3) is 0 Å². The molecule has 2 aromatic rings. The molecule has 0 aliphatic rings. The number of nitrogens with zero attached hydrogens (tertiary/aromatic N) is 1. The number of rotatable bonds is 4. The highest BCUT2D eigenvalue weighted by Gasteiger charge is 2.14. The summed E-state index contributed by atoms with van der Waals surface area (Å²) >= 11 is 4.86. The number of hydrazine groups is 1. The molecule has 0 bridgehead atoms. The van der Waals surface area contributed by atoms with Crippen molar-refractivity contribution in [3.05, 3.63) is 46.6 Å². The zero-order valence-electron chi connectivity index (χ0n) is 10.7. The summed E-state index contributed by atoms with van der Waals surface area (Å²) in [4.78, 5) is 17.4. The van der Waals surface area contributed by atoms with E-state index in [0.29, 0.717) is 15.9 Å². The second-order valence-corrected chi connectivity index (χ2v) is 5.61. The highest BCUT2D eigenvalue weighted by molar-refractivity contribution is 9.10. The van der Waals surface area contributed by atoms with Crippen molar-refractivity contribution in [3.8, 4) is 0 Å². The molecule has 2 rings (SSSR count). The predicted molar refractivity (Wildman–Crippen MR) is 85.9 cm³/mol. The SMILES string of the molecule is CSc1ccccc1NC(=O)c1cc(Br)cnc1NN. The van der Waals surface area contributed by atoms with E-state index < -0.39 is 0 Å². The molecule has 0 aliphatic carbocycles. The van der Waals surface area contributed by atoms with Crippen LogP contribution in [0.1, 0.15) is 10.4 Å². The van der Waals surface area contributed by atoms with Crippen LogP contribution in [-0.4, -0.2) is 17.1 Å². The number of nitrogens with one attached hydrogen (secondary N) is 2. The molecule has 0 atom stereocenters. The number of aromatic nitrogens is 1. The number of nitrogen functional groups attached to an aromatic ring is 1. The Hall–Kier alpha value is -1.57. The van der Waals surface area contributed by atoms with E-state index in [1.807, 2.05) is 30.5 Å². The summed E-state index contributed by atoms with van der Waals surface area (Å²) in [5.41, 5.74) is 3.55. The lowest BCUT2D eigenvalue weighted by atomic mass is 10.2. The Morgan fingerprint density at radius 1 is 1.40 bits per heavy atom. The second-order valence-electron chi connectivity index (χ2n) is 3.85. The van der Waals surface area contributed by atoms with E-state index in [4.69, 9.17) is 5.84 Å². The maximum Gasteiger partial charge on any atom is 0.259 e. The lowest BCUT2D eigenvalue weighted by Crippen LogP contribution is -2.18. The Morgan fingerprint density at radius 2 is 2.15 bits per heavy atom. The van der Waals surface area contributed by atoms with E-state index >= 15 is 0 Å². The van der Waals surface area contributed by atoms with Gasteiger partial charge in [0.2, 0.25) is 0 Å². The number of halogens is 1. The first-order valence-electron chi connectivity index (χ1n) is 5.72. The fraction of sp³-hybridized carbons (Fsp3) is 0.0769. The van der Waals surface area contributed by atoms with Crippen molar-refractivity contribution in [2.75, 3.05) is 17.0 Å². The van der Waals surface area contributed by atoms with Crippen molar-refractivity contribution in [2.45, 2.75) is 4.90 Å². The van der Waals surface area contributed by atoms with Gasteiger partial charge in [0, 0.05) is 15.6 Å². The molecule has 0 fully saturated rings. The van der Waals surface area contributed by atoms with E-state index in [-0.39, 0.29) is 5.91 Å². The summed E-state index contributed by atoms with van der Waals surface area (Å²) in [5, 5.41) is 2.86. The molecule has 0 spiro atoms. The third-order valence-corrected chi connectivity index (χ3v) is 3.82. The number of hydrogen-bond acceptors (Lipinski definition) is 5. The van der Waals surface area contributed by atoms with Crippen LogP contribution in [0.5, 0.6) is 0 Å². The molecule has 0 unspecified atom stereocenters. The molecular formula is C13H13BrN4OS. The molecule has 0 radical (unpaired) electrons. The summed E-state index contributed by atoms with van der Waals surface area (Å²) < 4.78 is 0.708. The smallest absolute Gasteiger partial charge is 0.259 e. The van der Waals surface area contributed by atoms with Crippen LogP contribution in [0, 0.1) is 0 Å². The minimum absolute atomic E-state index is 0.270. The van der Waals surface area contributed by atoms with Gasteiger partial charge in [-0.05, 0) is 40.4 Å². The van der Waals surface area contributed by atoms with Gasteiger partial charge in [-0.2, -0.15) is 0 Å². The van der Waals surface area contributed by atoms with Crippen LogP contribution in [0.3, 0.4) is 0 Å². The molecule has 4 N–H and O–H groups in total. The van der Waals surface area contributed by atoms with E-state index in [9.17, 15) is 4.79 Å². The Kier molecular flexibility index (Phi) is 4.99. The zero-order chi connectivity index (χ0) is 14.5. The molecule has 1 amide bonds. The van der Waals surface area contributed by atoms with Gasteiger partial charge in [-0.3, -0.25) is 4.79 Å². The fourth-order valence-corrected chi connectivity index (χ4v) is 2.55. The Labute approximate surface area is 129 Å². The van der Waals surface area contributed by atoms with E-state index in [1.165, 1.54) is 0 Å². The number of nitrogens with two attached hydrogens (primary N) is 1. The van der Waals surface area contributed by atoms with Gasteiger partial charge in [-0.25, -0.2) is 10.8 Å². The molecule has 0 saturated heterocycles. The Bertz CT molecular complexity index is 636. The number of pyridine rings is 1. The van der Waals surface area contributed by atoms with Gasteiger partial charge in [-0.15, -0.1) is 11.8 Å². The first-order valence-corrected chi connectivity index (χ1v) is 7.74. The van der Waals surface area contributed by atoms with Gasteiger partial charge in [0.15, 0.2) is 5.82 Å². The number of anilines is 2. The lowest BCUT2D eigenvalue weighted by molar-refractivity contribution is 0.102. The van der Waals surface area contributed by atoms with Gasteiger partial charge in [0.25, 0.3) is 5.91 Å². The maximum absolute atomic E-state index is 12.3. The topological polar surface area (TPSA) is 80.0 Å². The van der Waals surface area contributed by atoms with E-state index in [0.717, 1.165) is 10.6 Å². The minimum atomic E-state index is -0.270. The zero-order valence-corrected chi connectivity index (χ0v) is 13.1. The summed E-state index contributed by atoms with van der Waals surface area (Å²) in [6.45, 7) is 0. The van der Waals surface area contributed by atoms with Crippen LogP contribution >= 0.6 is 27.7 Å². The van der Waals surface area contributed by atoms with Crippen LogP contribution in [-0.2, 0) is 0 Å². The van der Waals surface area contributed by atoms with Crippen molar-refractivity contribution in [3.63, 3.8) is 0 Å². The number of thioether (sulfide) groups is 1. The van der Waals surface area contributed by atoms with Crippen molar-refractivity contribution >= 4 is 45.1 Å². The monoisotopic (exact) mass is 352 g/mol. The van der Waals surface area contributed by atoms with Crippen LogP contribution < -0.4 is 16.6 Å². The quantitative estimate of drug-likeness (QED) is 0.447. The molecule has 1 heterocycles. The lowest BCUT2D eigenvalue weighted by Gasteiger charge is -2.11. The summed E-state index contributed by atoms with van der Waals surface area (Å²) in [5.74, 6) is 5.43. The van der Waals surface area contributed by atoms with Crippen molar-refractivity contribution in [2.24, 2.45) is 5.84 Å². The van der Waals surface area contributed by atoms with Crippen LogP contribution in [0.2, 0.25) is 0 Å². The Balaban J connectivity index is 2.30. The van der Waals surface area contributed by atoms with Gasteiger partial charge >= 0.3 is 0 Å². The molecule has 0 saturated carbocycles. The average molecular weight is 353 g/mol. The molecule has 0 aliphatic heterocycles. The third kappa shape index (κ3) is 3.30. The normalized spacial score (nSPS) is 10.2. The first kappa shape index (κ1) is 14.8. The molecule has 1 aromatic heterocycles. The third-order valence-electron chi connectivity index (χ3n) is 2.59. The number of para-hydroxylation sites is 1. The second kappa shape index (κ2) is 6.74. The Morgan fingerprint density at radius 3 is 2.85 bits per heavy atom. The number of amides is 1. The first-order chi connectivity index (χ1) is 9.65. The highest BCUT2D eigenvalue weighted by Crippen LogP contribution is 2.26. The largest absolute Gasteiger partial charge is 0.321 e. The standard InChI is InChI=1S/C13H13BrN4OS/c1-20-11-5-3-2-4-10(11)17-13(19)9-6-8(14)7-16-12(9)18-15/h2-7H,15H2,1H3,(H,16,18)(H,17,19). The summed E-state index contributed by atoms with van der Waals surface area (Å²) in [6, 6.07) is 9.26. The number of carbonyl (C=O) groups excluding carboxylic acids is 1. The average Bonchev–Trinajstić information content (AvgIpc) is 2.47. The molecule has 7 heteroatoms. The summed E-state index contributed by atoms with van der Waals surface area (Å²) in [6.07, 6.45) is 3.53. The minimum Gasteiger partial charge on any atom is -0.321 e. The number of carbonyl (C=O) groups is 1. The summed E-state index contributed by atoms with van der Waals surface area (Å²) in [7, 11) is 0. The van der Waals surface area contributed by atoms with E-state index in [1.54, 1.807) is 24.0 Å². The van der Waals surface area contributed by atoms with Crippen molar-refractivity contribution in [1.82, 2.24) is 4.98 Å². The molecule has 20 heavy (non-hydrogen) atoms. The van der Waals surface area contributed by atoms with Gasteiger partial charge in [0.05, 0.1) is 11.3 Å². The van der Waals surface area contributed by atoms with E-state index in [2.05, 4.69) is 31.7 Å². The molecular weight excluding hydrogens is 340 g/mol. The maximum atomic E-state index is 12.3. The molecule has 104 valence electrons. The van der Waals surface area contributed by atoms with Crippen molar-refractivity contribution in [1.29, 1.82) is 0 Å². The fourth-order valence-electron chi connectivity index (χ4n) is 1.66. The van der Waals surface area contributed by atoms with Crippen LogP contribution in [0.4, 0.5) is 11.5 Å². The highest BCUT2D eigenvalue weighted by atomic mass is 79.9. The molecule has 1 aromatic carbocycles. The predicted octanol–water partition coefficient (Wildman–Crippen LogP) is 3.10.